The molecule has 166 valence electrons. The smallest absolute Gasteiger partial charge is 0.322 e. The van der Waals surface area contributed by atoms with E-state index in [9.17, 15) is 18.0 Å². The number of anilines is 1. The molecule has 0 saturated heterocycles. The molecule has 3 rings (SSSR count). The van der Waals surface area contributed by atoms with Crippen LogP contribution in [0.15, 0.2) is 76.7 Å². The van der Waals surface area contributed by atoms with E-state index in [-0.39, 0.29) is 5.82 Å². The van der Waals surface area contributed by atoms with Crippen molar-refractivity contribution >= 4 is 33.8 Å². The minimum atomic E-state index is -3.90. The molecule has 0 aliphatic carbocycles. The number of nitrogens with zero attached hydrogens (tertiary/aromatic N) is 1. The van der Waals surface area contributed by atoms with Crippen LogP contribution in [0.5, 0.6) is 0 Å². The second kappa shape index (κ2) is 10.5. The topological polar surface area (TPSA) is 128 Å². The first-order chi connectivity index (χ1) is 15.3. The van der Waals surface area contributed by atoms with Crippen molar-refractivity contribution < 1.29 is 27.3 Å². The normalized spacial score (nSPS) is 12.4. The minimum Gasteiger partial charge on any atom is -0.446 e. The van der Waals surface area contributed by atoms with Gasteiger partial charge in [-0.05, 0) is 18.6 Å². The lowest BCUT2D eigenvalue weighted by atomic mass is 10.1. The molecule has 9 nitrogen and oxygen atoms in total. The van der Waals surface area contributed by atoms with Crippen LogP contribution in [0.2, 0.25) is 0 Å². The lowest BCUT2D eigenvalue weighted by molar-refractivity contribution is -0.153. The van der Waals surface area contributed by atoms with E-state index in [0.29, 0.717) is 16.9 Å². The third-order valence-electron chi connectivity index (χ3n) is 4.13. The number of amides is 1. The van der Waals surface area contributed by atoms with Crippen LogP contribution in [-0.2, 0) is 24.3 Å². The zero-order valence-electron chi connectivity index (χ0n) is 17.1. The lowest BCUT2D eigenvalue weighted by Gasteiger charge is -2.17. The largest absolute Gasteiger partial charge is 0.446 e. The number of hydrogen-bond donors (Lipinski definition) is 2. The molecule has 1 amide bonds. The maximum absolute atomic E-state index is 12.7. The van der Waals surface area contributed by atoms with E-state index in [0.717, 1.165) is 5.41 Å². The Hall–Kier alpha value is -3.76. The van der Waals surface area contributed by atoms with Crippen LogP contribution in [0.4, 0.5) is 5.82 Å². The first kappa shape index (κ1) is 22.9. The molecule has 0 fully saturated rings. The Bertz CT molecular complexity index is 1190. The van der Waals surface area contributed by atoms with Gasteiger partial charge < -0.3 is 14.6 Å². The zero-order valence-corrected chi connectivity index (χ0v) is 17.9. The van der Waals surface area contributed by atoms with Crippen molar-refractivity contribution in [2.45, 2.75) is 13.0 Å². The number of benzene rings is 2. The highest BCUT2D eigenvalue weighted by Gasteiger charge is 2.26. The monoisotopic (exact) mass is 455 g/mol. The molecule has 10 heteroatoms. The summed E-state index contributed by atoms with van der Waals surface area (Å²) in [5, 5.41) is 7.13. The van der Waals surface area contributed by atoms with Gasteiger partial charge in [-0.15, -0.1) is 0 Å². The molecule has 0 spiro atoms. The third-order valence-corrected chi connectivity index (χ3v) is 5.17. The first-order valence-corrected chi connectivity index (χ1v) is 11.1. The summed E-state index contributed by atoms with van der Waals surface area (Å²) in [6.07, 6.45) is 0.0819. The number of aromatic nitrogens is 1. The SMILES string of the molecule is Cc1cc(NC(=O)C(OC(=O)CNS(=O)(=O)/C=C/c2ccccc2)c2ccccc2)no1. The van der Waals surface area contributed by atoms with E-state index in [1.165, 1.54) is 12.1 Å². The van der Waals surface area contributed by atoms with Gasteiger partial charge in [-0.3, -0.25) is 9.59 Å². The molecule has 1 atom stereocenters. The molecule has 32 heavy (non-hydrogen) atoms. The Morgan fingerprint density at radius 3 is 2.38 bits per heavy atom. The van der Waals surface area contributed by atoms with Crippen molar-refractivity contribution in [1.82, 2.24) is 9.88 Å². The van der Waals surface area contributed by atoms with Crippen molar-refractivity contribution in [3.63, 3.8) is 0 Å². The van der Waals surface area contributed by atoms with E-state index in [4.69, 9.17) is 9.26 Å². The van der Waals surface area contributed by atoms with Gasteiger partial charge in [0.1, 0.15) is 12.3 Å². The molecule has 1 unspecified atom stereocenters. The fourth-order valence-electron chi connectivity index (χ4n) is 2.63. The third kappa shape index (κ3) is 6.89. The van der Waals surface area contributed by atoms with Gasteiger partial charge in [0.05, 0.1) is 0 Å². The Balaban J connectivity index is 1.64. The summed E-state index contributed by atoms with van der Waals surface area (Å²) in [5.74, 6) is -0.936. The second-order valence-electron chi connectivity index (χ2n) is 6.67. The molecule has 0 saturated carbocycles. The Kier molecular flexibility index (Phi) is 7.53. The molecule has 0 radical (unpaired) electrons. The van der Waals surface area contributed by atoms with E-state index in [1.807, 2.05) is 6.07 Å². The number of esters is 1. The van der Waals surface area contributed by atoms with Crippen molar-refractivity contribution in [1.29, 1.82) is 0 Å². The van der Waals surface area contributed by atoms with Gasteiger partial charge in [-0.2, -0.15) is 0 Å². The van der Waals surface area contributed by atoms with Gasteiger partial charge in [0.2, 0.25) is 16.1 Å². The van der Waals surface area contributed by atoms with Gasteiger partial charge >= 0.3 is 5.97 Å². The summed E-state index contributed by atoms with van der Waals surface area (Å²) >= 11 is 0. The highest BCUT2D eigenvalue weighted by Crippen LogP contribution is 2.20. The number of ether oxygens (including phenoxy) is 1. The molecule has 0 bridgehead atoms. The van der Waals surface area contributed by atoms with E-state index >= 15 is 0 Å². The predicted octanol–water partition coefficient (Wildman–Crippen LogP) is 2.80. The Morgan fingerprint density at radius 2 is 1.75 bits per heavy atom. The van der Waals surface area contributed by atoms with Crippen molar-refractivity contribution in [3.05, 3.63) is 89.0 Å². The van der Waals surface area contributed by atoms with Gasteiger partial charge in [-0.1, -0.05) is 65.8 Å². The van der Waals surface area contributed by atoms with Crippen molar-refractivity contribution in [3.8, 4) is 0 Å². The lowest BCUT2D eigenvalue weighted by Crippen LogP contribution is -2.33. The van der Waals surface area contributed by atoms with E-state index in [2.05, 4.69) is 15.2 Å². The number of nitrogens with one attached hydrogen (secondary N) is 2. The molecule has 2 aromatic carbocycles. The number of carbonyl (C=O) groups excluding carboxylic acids is 2. The highest BCUT2D eigenvalue weighted by molar-refractivity contribution is 7.92. The van der Waals surface area contributed by atoms with Crippen LogP contribution in [0.1, 0.15) is 23.0 Å². The zero-order chi connectivity index (χ0) is 23.0. The quantitative estimate of drug-likeness (QED) is 0.475. The van der Waals surface area contributed by atoms with Gasteiger partial charge in [0, 0.05) is 17.0 Å². The van der Waals surface area contributed by atoms with Crippen LogP contribution in [-0.4, -0.2) is 32.0 Å². The van der Waals surface area contributed by atoms with Crippen LogP contribution < -0.4 is 10.0 Å². The van der Waals surface area contributed by atoms with Gasteiger partial charge in [0.15, 0.2) is 5.82 Å². The molecule has 1 aromatic heterocycles. The maximum atomic E-state index is 12.7. The number of rotatable bonds is 9. The summed E-state index contributed by atoms with van der Waals surface area (Å²) < 4.78 is 36.6. The second-order valence-corrected chi connectivity index (χ2v) is 8.32. The maximum Gasteiger partial charge on any atom is 0.322 e. The van der Waals surface area contributed by atoms with Crippen LogP contribution in [0, 0.1) is 6.92 Å². The number of sulfonamides is 1. The van der Waals surface area contributed by atoms with Crippen LogP contribution in [0.25, 0.3) is 6.08 Å². The van der Waals surface area contributed by atoms with Gasteiger partial charge in [-0.25, -0.2) is 13.1 Å². The summed E-state index contributed by atoms with van der Waals surface area (Å²) in [4.78, 5) is 25.0. The average Bonchev–Trinajstić information content (AvgIpc) is 3.20. The summed E-state index contributed by atoms with van der Waals surface area (Å²) in [7, 11) is -3.90. The highest BCUT2D eigenvalue weighted by atomic mass is 32.2. The predicted molar refractivity (Wildman–Crippen MR) is 118 cm³/mol. The standard InChI is InChI=1S/C22H21N3O6S/c1-16-14-19(25-31-16)24-22(27)21(18-10-6-3-7-11-18)30-20(26)15-23-32(28,29)13-12-17-8-4-2-5-9-17/h2-14,21,23H,15H2,1H3,(H,24,25,27)/b13-12+. The molecule has 0 aliphatic heterocycles. The first-order valence-electron chi connectivity index (χ1n) is 9.54. The minimum absolute atomic E-state index is 0.163. The Labute approximate surface area is 185 Å². The summed E-state index contributed by atoms with van der Waals surface area (Å²) in [6, 6.07) is 18.7. The average molecular weight is 455 g/mol. The van der Waals surface area contributed by atoms with Crippen LogP contribution >= 0.6 is 0 Å². The molecular weight excluding hydrogens is 434 g/mol. The van der Waals surface area contributed by atoms with Gasteiger partial charge in [0.25, 0.3) is 5.91 Å². The fourth-order valence-corrected chi connectivity index (χ4v) is 3.38. The summed E-state index contributed by atoms with van der Waals surface area (Å²) in [6.45, 7) is 1.01. The molecule has 1 heterocycles. The Morgan fingerprint density at radius 1 is 1.09 bits per heavy atom. The number of hydrogen-bond acceptors (Lipinski definition) is 7. The molecule has 0 aliphatic rings. The van der Waals surface area contributed by atoms with Crippen molar-refractivity contribution in [2.24, 2.45) is 0 Å². The molecular formula is C22H21N3O6S. The number of aryl methyl sites for hydroxylation is 1. The van der Waals surface area contributed by atoms with Crippen molar-refractivity contribution in [2.75, 3.05) is 11.9 Å². The van der Waals surface area contributed by atoms with E-state index < -0.39 is 34.5 Å². The molecule has 2 N–H and O–H groups in total. The van der Waals surface area contributed by atoms with Crippen LogP contribution in [0.3, 0.4) is 0 Å². The molecule has 3 aromatic rings. The fraction of sp³-hybridized carbons (Fsp3) is 0.136. The van der Waals surface area contributed by atoms with E-state index in [1.54, 1.807) is 61.5 Å². The number of carbonyl (C=O) groups is 2. The summed E-state index contributed by atoms with van der Waals surface area (Å²) in [5.41, 5.74) is 1.09.